The summed E-state index contributed by atoms with van der Waals surface area (Å²) >= 11 is 0. The third-order valence-corrected chi connectivity index (χ3v) is 12.8. The van der Waals surface area contributed by atoms with Crippen LogP contribution in [0.5, 0.6) is 0 Å². The molecule has 14 rings (SSSR count). The van der Waals surface area contributed by atoms with E-state index in [9.17, 15) is 0 Å². The Morgan fingerprint density at radius 3 is 1.75 bits per heavy atom. The SMILES string of the molecule is c1ccc(-n2c3ccccc3c3cc(-c4nnc(-n5c6c7ccccc7ccc6c6cc7c8ccccc8n8c9ccccc9c(c65)c78)c5ccccc45)ccc32)cc1. The first-order valence-corrected chi connectivity index (χ1v) is 20.2. The van der Waals surface area contributed by atoms with Gasteiger partial charge in [0.15, 0.2) is 5.82 Å². The fraction of sp³-hybridized carbons (Fsp3) is 0. The predicted molar refractivity (Wildman–Crippen MR) is 246 cm³/mol. The van der Waals surface area contributed by atoms with Crippen LogP contribution in [0, 0.1) is 0 Å². The average molecular weight is 750 g/mol. The molecule has 9 aromatic carbocycles. The van der Waals surface area contributed by atoms with Crippen LogP contribution in [0.3, 0.4) is 0 Å². The molecule has 5 aromatic heterocycles. The highest BCUT2D eigenvalue weighted by Crippen LogP contribution is 2.48. The van der Waals surface area contributed by atoms with E-state index >= 15 is 0 Å². The van der Waals surface area contributed by atoms with Crippen LogP contribution in [0.4, 0.5) is 0 Å². The van der Waals surface area contributed by atoms with Crippen LogP contribution in [0.25, 0.3) is 126 Å². The number of para-hydroxylation sites is 4. The van der Waals surface area contributed by atoms with Crippen molar-refractivity contribution in [1.82, 2.24) is 23.7 Å². The van der Waals surface area contributed by atoms with Crippen molar-refractivity contribution in [1.29, 1.82) is 0 Å². The molecule has 0 saturated heterocycles. The summed E-state index contributed by atoms with van der Waals surface area (Å²) < 4.78 is 7.25. The lowest BCUT2D eigenvalue weighted by Crippen LogP contribution is -2.03. The summed E-state index contributed by atoms with van der Waals surface area (Å²) in [4.78, 5) is 0. The molecule has 5 heteroatoms. The maximum Gasteiger partial charge on any atom is 0.168 e. The van der Waals surface area contributed by atoms with Gasteiger partial charge in [0.05, 0.1) is 38.6 Å². The molecule has 0 unspecified atom stereocenters. The summed E-state index contributed by atoms with van der Waals surface area (Å²) in [6.45, 7) is 0. The molecule has 0 fully saturated rings. The predicted octanol–water partition coefficient (Wildman–Crippen LogP) is 13.8. The van der Waals surface area contributed by atoms with Gasteiger partial charge < -0.3 is 8.97 Å². The molecule has 272 valence electrons. The standard InChI is InChI=1S/C54H31N5/c1-2-15-34(16-3-1)57-45-23-11-8-18-36(45)42-30-33(27-29-48(42)57)50-38-20-6-7-21-40(38)54(56-55-50)59-51-35-17-5-4-14-32(35)26-28-39(51)44-31-43-37-19-9-12-24-46(37)58-47-25-13-10-22-41(47)49(52(43)58)53(44)59/h1-31H. The van der Waals surface area contributed by atoms with Gasteiger partial charge in [-0.2, -0.15) is 0 Å². The fourth-order valence-corrected chi connectivity index (χ4v) is 10.4. The van der Waals surface area contributed by atoms with E-state index in [0.717, 1.165) is 50.1 Å². The number of rotatable bonds is 3. The van der Waals surface area contributed by atoms with Crippen LogP contribution in [0.15, 0.2) is 188 Å². The zero-order valence-electron chi connectivity index (χ0n) is 31.6. The van der Waals surface area contributed by atoms with Crippen molar-refractivity contribution in [2.45, 2.75) is 0 Å². The molecular formula is C54H31N5. The van der Waals surface area contributed by atoms with Gasteiger partial charge in [-0.05, 0) is 53.9 Å². The van der Waals surface area contributed by atoms with Crippen LogP contribution in [-0.4, -0.2) is 23.7 Å². The van der Waals surface area contributed by atoms with E-state index < -0.39 is 0 Å². The Bertz CT molecular complexity index is 4070. The van der Waals surface area contributed by atoms with Crippen LogP contribution in [-0.2, 0) is 0 Å². The van der Waals surface area contributed by atoms with Crippen molar-refractivity contribution in [2.24, 2.45) is 0 Å². The second-order valence-corrected chi connectivity index (χ2v) is 15.8. The smallest absolute Gasteiger partial charge is 0.168 e. The summed E-state index contributed by atoms with van der Waals surface area (Å²) in [5, 5.41) is 24.8. The second-order valence-electron chi connectivity index (χ2n) is 15.8. The second kappa shape index (κ2) is 11.3. The van der Waals surface area contributed by atoms with E-state index in [2.05, 4.69) is 202 Å². The van der Waals surface area contributed by atoms with Crippen LogP contribution < -0.4 is 0 Å². The molecule has 0 aliphatic heterocycles. The van der Waals surface area contributed by atoms with Crippen molar-refractivity contribution < 1.29 is 0 Å². The highest BCUT2D eigenvalue weighted by molar-refractivity contribution is 6.35. The van der Waals surface area contributed by atoms with E-state index in [4.69, 9.17) is 10.2 Å². The van der Waals surface area contributed by atoms with Gasteiger partial charge in [0.1, 0.15) is 5.69 Å². The topological polar surface area (TPSA) is 40.0 Å². The van der Waals surface area contributed by atoms with Crippen LogP contribution in [0.1, 0.15) is 0 Å². The molecule has 5 heterocycles. The van der Waals surface area contributed by atoms with Crippen molar-refractivity contribution in [3.8, 4) is 22.8 Å². The van der Waals surface area contributed by atoms with Crippen molar-refractivity contribution in [2.75, 3.05) is 0 Å². The van der Waals surface area contributed by atoms with Gasteiger partial charge in [-0.3, -0.25) is 4.57 Å². The Morgan fingerprint density at radius 2 is 0.932 bits per heavy atom. The number of fused-ring (bicyclic) bond motifs is 16. The summed E-state index contributed by atoms with van der Waals surface area (Å²) in [6.07, 6.45) is 0. The minimum Gasteiger partial charge on any atom is -0.309 e. The summed E-state index contributed by atoms with van der Waals surface area (Å²) in [7, 11) is 0. The number of nitrogens with zero attached hydrogens (tertiary/aromatic N) is 5. The summed E-state index contributed by atoms with van der Waals surface area (Å²) in [5.41, 5.74) is 11.4. The monoisotopic (exact) mass is 749 g/mol. The van der Waals surface area contributed by atoms with Gasteiger partial charge >= 0.3 is 0 Å². The Balaban J connectivity index is 1.11. The van der Waals surface area contributed by atoms with Gasteiger partial charge in [-0.1, -0.05) is 140 Å². The number of hydrogen-bond acceptors (Lipinski definition) is 2. The van der Waals surface area contributed by atoms with Gasteiger partial charge in [-0.25, -0.2) is 0 Å². The van der Waals surface area contributed by atoms with Crippen LogP contribution >= 0.6 is 0 Å². The van der Waals surface area contributed by atoms with E-state index in [1.165, 1.54) is 75.9 Å². The summed E-state index contributed by atoms with van der Waals surface area (Å²) in [5.74, 6) is 0.824. The number of hydrogen-bond donors (Lipinski definition) is 0. The molecule has 0 bridgehead atoms. The Hall–Kier alpha value is -8.02. The number of benzene rings is 9. The van der Waals surface area contributed by atoms with Crippen molar-refractivity contribution >= 4 is 103 Å². The first kappa shape index (κ1) is 31.1. The van der Waals surface area contributed by atoms with E-state index in [0.29, 0.717) is 0 Å². The first-order chi connectivity index (χ1) is 29.3. The highest BCUT2D eigenvalue weighted by Gasteiger charge is 2.27. The van der Waals surface area contributed by atoms with E-state index in [1.54, 1.807) is 0 Å². The molecule has 14 aromatic rings. The molecule has 5 nitrogen and oxygen atoms in total. The Labute approximate surface area is 336 Å². The fourth-order valence-electron chi connectivity index (χ4n) is 10.4. The first-order valence-electron chi connectivity index (χ1n) is 20.2. The Morgan fingerprint density at radius 1 is 0.322 bits per heavy atom. The number of aromatic nitrogens is 5. The molecule has 0 saturated carbocycles. The molecule has 0 N–H and O–H groups in total. The molecule has 0 radical (unpaired) electrons. The molecular weight excluding hydrogens is 719 g/mol. The normalized spacial score (nSPS) is 12.4. The summed E-state index contributed by atoms with van der Waals surface area (Å²) in [6, 6.07) is 68.1. The third-order valence-electron chi connectivity index (χ3n) is 12.8. The minimum absolute atomic E-state index is 0.824. The van der Waals surface area contributed by atoms with Crippen molar-refractivity contribution in [3.63, 3.8) is 0 Å². The van der Waals surface area contributed by atoms with Crippen LogP contribution in [0.2, 0.25) is 0 Å². The largest absolute Gasteiger partial charge is 0.309 e. The van der Waals surface area contributed by atoms with Gasteiger partial charge in [0, 0.05) is 70.5 Å². The lowest BCUT2D eigenvalue weighted by molar-refractivity contribution is 0.980. The maximum atomic E-state index is 5.30. The lowest BCUT2D eigenvalue weighted by Gasteiger charge is -2.14. The zero-order valence-corrected chi connectivity index (χ0v) is 31.6. The quantitative estimate of drug-likeness (QED) is 0.180. The van der Waals surface area contributed by atoms with Gasteiger partial charge in [-0.15, -0.1) is 10.2 Å². The molecule has 59 heavy (non-hydrogen) atoms. The lowest BCUT2D eigenvalue weighted by atomic mass is 10.0. The minimum atomic E-state index is 0.824. The van der Waals surface area contributed by atoms with Crippen molar-refractivity contribution in [3.05, 3.63) is 188 Å². The van der Waals surface area contributed by atoms with Gasteiger partial charge in [0.25, 0.3) is 0 Å². The molecule has 0 amide bonds. The van der Waals surface area contributed by atoms with Gasteiger partial charge in [0.2, 0.25) is 0 Å². The zero-order chi connectivity index (χ0) is 38.3. The molecule has 0 aliphatic carbocycles. The molecule has 0 aliphatic rings. The molecule has 0 atom stereocenters. The highest BCUT2D eigenvalue weighted by atomic mass is 15.2. The average Bonchev–Trinajstić information content (AvgIpc) is 4.03. The third kappa shape index (κ3) is 3.98. The Kier molecular flexibility index (Phi) is 5.96. The maximum absolute atomic E-state index is 5.30. The van der Waals surface area contributed by atoms with E-state index in [1.807, 2.05) is 0 Å². The molecule has 0 spiro atoms. The van der Waals surface area contributed by atoms with E-state index in [-0.39, 0.29) is 0 Å².